The second kappa shape index (κ2) is 7.84. The standard InChI is InChI=1S/C16H14F3N3O2S/c1-24-14-7-6-10(8-13(14)23)9-20-22-15(25)21-12-5-3-2-4-11(12)16(17,18)19/h2-9,23H,1H3,(H2,21,22,25)/b20-9-. The maximum absolute atomic E-state index is 12.9. The number of halogens is 3. The van der Waals surface area contributed by atoms with Crippen molar-refractivity contribution < 1.29 is 23.0 Å². The number of thiocarbonyl (C=S) groups is 1. The third kappa shape index (κ3) is 5.08. The van der Waals surface area contributed by atoms with Crippen LogP contribution >= 0.6 is 12.2 Å². The van der Waals surface area contributed by atoms with Crippen molar-refractivity contribution in [2.75, 3.05) is 12.4 Å². The number of hydrogen-bond acceptors (Lipinski definition) is 4. The molecule has 2 aromatic rings. The van der Waals surface area contributed by atoms with Gasteiger partial charge >= 0.3 is 6.18 Å². The molecule has 0 unspecified atom stereocenters. The van der Waals surface area contributed by atoms with E-state index in [4.69, 9.17) is 17.0 Å². The Labute approximate surface area is 147 Å². The molecule has 0 heterocycles. The lowest BCUT2D eigenvalue weighted by Crippen LogP contribution is -2.25. The van der Waals surface area contributed by atoms with Crippen LogP contribution in [0.3, 0.4) is 0 Å². The number of benzene rings is 2. The highest BCUT2D eigenvalue weighted by Gasteiger charge is 2.33. The van der Waals surface area contributed by atoms with Crippen LogP contribution < -0.4 is 15.5 Å². The van der Waals surface area contributed by atoms with Crippen LogP contribution in [-0.2, 0) is 6.18 Å². The minimum absolute atomic E-state index is 0.0637. The molecule has 25 heavy (non-hydrogen) atoms. The molecule has 0 spiro atoms. The van der Waals surface area contributed by atoms with Crippen molar-refractivity contribution in [3.63, 3.8) is 0 Å². The number of phenols is 1. The van der Waals surface area contributed by atoms with Gasteiger partial charge in [-0.3, -0.25) is 5.43 Å². The first-order chi connectivity index (χ1) is 11.8. The molecule has 2 rings (SSSR count). The fourth-order valence-electron chi connectivity index (χ4n) is 1.94. The summed E-state index contributed by atoms with van der Waals surface area (Å²) < 4.78 is 43.6. The third-order valence-electron chi connectivity index (χ3n) is 3.06. The second-order valence-corrected chi connectivity index (χ2v) is 5.21. The number of aromatic hydroxyl groups is 1. The molecule has 0 saturated heterocycles. The number of phenolic OH excluding ortho intramolecular Hbond substituents is 1. The van der Waals surface area contributed by atoms with Crippen LogP contribution in [0.15, 0.2) is 47.6 Å². The Hall–Kier alpha value is -2.81. The van der Waals surface area contributed by atoms with Crippen LogP contribution in [0.2, 0.25) is 0 Å². The molecule has 0 aliphatic heterocycles. The first kappa shape index (κ1) is 18.5. The molecule has 9 heteroatoms. The summed E-state index contributed by atoms with van der Waals surface area (Å²) in [6.45, 7) is 0. The van der Waals surface area contributed by atoms with Crippen LogP contribution in [0.4, 0.5) is 18.9 Å². The van der Waals surface area contributed by atoms with E-state index >= 15 is 0 Å². The van der Waals surface area contributed by atoms with Crippen LogP contribution in [-0.4, -0.2) is 23.5 Å². The minimum Gasteiger partial charge on any atom is -0.504 e. The number of nitrogens with one attached hydrogen (secondary N) is 2. The van der Waals surface area contributed by atoms with Crippen LogP contribution in [0.1, 0.15) is 11.1 Å². The first-order valence-electron chi connectivity index (χ1n) is 6.94. The van der Waals surface area contributed by atoms with Crippen molar-refractivity contribution in [1.29, 1.82) is 0 Å². The van der Waals surface area contributed by atoms with Crippen LogP contribution in [0, 0.1) is 0 Å². The fourth-order valence-corrected chi connectivity index (χ4v) is 2.10. The van der Waals surface area contributed by atoms with Gasteiger partial charge < -0.3 is 15.2 Å². The van der Waals surface area contributed by atoms with Gasteiger partial charge in [0.1, 0.15) is 0 Å². The van der Waals surface area contributed by atoms with E-state index in [-0.39, 0.29) is 16.5 Å². The lowest BCUT2D eigenvalue weighted by atomic mass is 10.2. The molecule has 0 aromatic heterocycles. The molecule has 0 bridgehead atoms. The Balaban J connectivity index is 2.01. The normalized spacial score (nSPS) is 11.4. The fraction of sp³-hybridized carbons (Fsp3) is 0.125. The van der Waals surface area contributed by atoms with E-state index in [9.17, 15) is 18.3 Å². The maximum Gasteiger partial charge on any atom is 0.418 e. The quantitative estimate of drug-likeness (QED) is 0.435. The molecule has 0 fully saturated rings. The Kier molecular flexibility index (Phi) is 5.81. The zero-order valence-corrected chi connectivity index (χ0v) is 13.8. The van der Waals surface area contributed by atoms with E-state index in [1.54, 1.807) is 12.1 Å². The average Bonchev–Trinajstić information content (AvgIpc) is 2.54. The monoisotopic (exact) mass is 369 g/mol. The first-order valence-corrected chi connectivity index (χ1v) is 7.35. The van der Waals surface area contributed by atoms with Crippen LogP contribution in [0.5, 0.6) is 11.5 Å². The number of ether oxygens (including phenoxy) is 1. The largest absolute Gasteiger partial charge is 0.504 e. The molecule has 0 aliphatic carbocycles. The number of anilines is 1. The van der Waals surface area contributed by atoms with Crippen molar-refractivity contribution in [2.24, 2.45) is 5.10 Å². The molecule has 3 N–H and O–H groups in total. The highest BCUT2D eigenvalue weighted by Crippen LogP contribution is 2.34. The van der Waals surface area contributed by atoms with Crippen LogP contribution in [0.25, 0.3) is 0 Å². The number of hydrogen-bond donors (Lipinski definition) is 3. The molecule has 0 saturated carbocycles. The zero-order valence-electron chi connectivity index (χ0n) is 13.0. The maximum atomic E-state index is 12.9. The number of rotatable bonds is 4. The Morgan fingerprint density at radius 3 is 2.60 bits per heavy atom. The summed E-state index contributed by atoms with van der Waals surface area (Å²) in [7, 11) is 1.42. The smallest absolute Gasteiger partial charge is 0.418 e. The number of alkyl halides is 3. The summed E-state index contributed by atoms with van der Waals surface area (Å²) in [5.41, 5.74) is 1.96. The number of nitrogens with zero attached hydrogens (tertiary/aromatic N) is 1. The van der Waals surface area contributed by atoms with Gasteiger partial charge in [-0.15, -0.1) is 0 Å². The molecule has 0 atom stereocenters. The Bertz CT molecular complexity index is 794. The summed E-state index contributed by atoms with van der Waals surface area (Å²) >= 11 is 4.93. The number of para-hydroxylation sites is 1. The SMILES string of the molecule is COc1ccc(/C=N\NC(=S)Nc2ccccc2C(F)(F)F)cc1O. The van der Waals surface area contributed by atoms with Gasteiger partial charge in [-0.2, -0.15) is 18.3 Å². The van der Waals surface area contributed by atoms with Crippen molar-refractivity contribution in [2.45, 2.75) is 6.18 Å². The third-order valence-corrected chi connectivity index (χ3v) is 3.26. The summed E-state index contributed by atoms with van der Waals surface area (Å²) in [5.74, 6) is 0.248. The van der Waals surface area contributed by atoms with Gasteiger partial charge in [0.25, 0.3) is 0 Å². The van der Waals surface area contributed by atoms with E-state index < -0.39 is 11.7 Å². The van der Waals surface area contributed by atoms with E-state index in [1.165, 1.54) is 37.6 Å². The molecule has 5 nitrogen and oxygen atoms in total. The van der Waals surface area contributed by atoms with Crippen molar-refractivity contribution >= 4 is 29.2 Å². The minimum atomic E-state index is -4.50. The zero-order chi connectivity index (χ0) is 18.4. The number of hydrazone groups is 1. The predicted molar refractivity (Wildman–Crippen MR) is 93.1 cm³/mol. The van der Waals surface area contributed by atoms with E-state index in [1.807, 2.05) is 0 Å². The van der Waals surface area contributed by atoms with E-state index in [0.29, 0.717) is 11.3 Å². The van der Waals surface area contributed by atoms with Crippen molar-refractivity contribution in [3.05, 3.63) is 53.6 Å². The molecular formula is C16H14F3N3O2S. The van der Waals surface area contributed by atoms with Gasteiger partial charge in [-0.25, -0.2) is 0 Å². The second-order valence-electron chi connectivity index (χ2n) is 4.80. The highest BCUT2D eigenvalue weighted by atomic mass is 32.1. The molecule has 0 amide bonds. The van der Waals surface area contributed by atoms with E-state index in [2.05, 4.69) is 15.8 Å². The lowest BCUT2D eigenvalue weighted by molar-refractivity contribution is -0.136. The van der Waals surface area contributed by atoms with Gasteiger partial charge in [-0.05, 0) is 48.1 Å². The molecular weight excluding hydrogens is 355 g/mol. The van der Waals surface area contributed by atoms with Crippen molar-refractivity contribution in [1.82, 2.24) is 5.43 Å². The summed E-state index contributed by atoms with van der Waals surface area (Å²) in [5, 5.41) is 15.8. The Morgan fingerprint density at radius 1 is 1.24 bits per heavy atom. The van der Waals surface area contributed by atoms with Gasteiger partial charge in [0.15, 0.2) is 16.6 Å². The molecule has 132 valence electrons. The average molecular weight is 369 g/mol. The lowest BCUT2D eigenvalue weighted by Gasteiger charge is -2.14. The van der Waals surface area contributed by atoms with Gasteiger partial charge in [0.05, 0.1) is 24.6 Å². The van der Waals surface area contributed by atoms with Gasteiger partial charge in [0.2, 0.25) is 0 Å². The van der Waals surface area contributed by atoms with Crippen molar-refractivity contribution in [3.8, 4) is 11.5 Å². The highest BCUT2D eigenvalue weighted by molar-refractivity contribution is 7.80. The van der Waals surface area contributed by atoms with Gasteiger partial charge in [-0.1, -0.05) is 12.1 Å². The predicted octanol–water partition coefficient (Wildman–Crippen LogP) is 3.74. The number of methoxy groups -OCH3 is 1. The topological polar surface area (TPSA) is 65.9 Å². The molecule has 0 aliphatic rings. The Morgan fingerprint density at radius 2 is 1.96 bits per heavy atom. The molecule has 2 aromatic carbocycles. The summed E-state index contributed by atoms with van der Waals surface area (Å²) in [6, 6.07) is 9.57. The molecule has 0 radical (unpaired) electrons. The summed E-state index contributed by atoms with van der Waals surface area (Å²) in [4.78, 5) is 0. The van der Waals surface area contributed by atoms with Gasteiger partial charge in [0, 0.05) is 0 Å². The van der Waals surface area contributed by atoms with E-state index in [0.717, 1.165) is 6.07 Å². The summed E-state index contributed by atoms with van der Waals surface area (Å²) in [6.07, 6.45) is -3.15.